The van der Waals surface area contributed by atoms with Crippen molar-refractivity contribution >= 4 is 35.0 Å². The summed E-state index contributed by atoms with van der Waals surface area (Å²) in [6.07, 6.45) is 0.937. The van der Waals surface area contributed by atoms with Gasteiger partial charge in [-0.1, -0.05) is 18.2 Å². The van der Waals surface area contributed by atoms with E-state index in [0.29, 0.717) is 41.9 Å². The molecule has 0 saturated carbocycles. The minimum atomic E-state index is -0.791. The van der Waals surface area contributed by atoms with Gasteiger partial charge in [0.2, 0.25) is 11.8 Å². The van der Waals surface area contributed by atoms with Crippen LogP contribution in [0.3, 0.4) is 0 Å². The van der Waals surface area contributed by atoms with Gasteiger partial charge in [-0.2, -0.15) is 0 Å². The number of nitrogens with one attached hydrogen (secondary N) is 2. The Bertz CT molecular complexity index is 1100. The second kappa shape index (κ2) is 8.45. The first-order valence-corrected chi connectivity index (χ1v) is 10.8. The van der Waals surface area contributed by atoms with Crippen molar-refractivity contribution in [3.8, 4) is 0 Å². The molecule has 1 saturated heterocycles. The second-order valence-electron chi connectivity index (χ2n) is 8.16. The predicted molar refractivity (Wildman–Crippen MR) is 120 cm³/mol. The van der Waals surface area contributed by atoms with Gasteiger partial charge in [0.1, 0.15) is 5.66 Å². The predicted octanol–water partition coefficient (Wildman–Crippen LogP) is 2.76. The second-order valence-corrected chi connectivity index (χ2v) is 8.16. The number of rotatable bonds is 6. The van der Waals surface area contributed by atoms with Crippen molar-refractivity contribution in [3.05, 3.63) is 59.7 Å². The zero-order valence-corrected chi connectivity index (χ0v) is 18.2. The van der Waals surface area contributed by atoms with Gasteiger partial charge in [-0.25, -0.2) is 0 Å². The van der Waals surface area contributed by atoms with E-state index in [1.54, 1.807) is 52.3 Å². The standard InChI is InChI=1S/C24H26N4O4/c1-3-25-22(31)16-7-6-8-17(15-16)26-20(29)12-14-27-23(32)18-9-4-5-10-19(18)28-21(30)11-13-24(27,28)2/h4-10,15H,3,11-14H2,1-2H3,(H,25,31)(H,26,29). The summed E-state index contributed by atoms with van der Waals surface area (Å²) in [5, 5.41) is 5.52. The minimum absolute atomic E-state index is 0.0240. The number of para-hydroxylation sites is 1. The van der Waals surface area contributed by atoms with Crippen molar-refractivity contribution in [3.63, 3.8) is 0 Å². The summed E-state index contributed by atoms with van der Waals surface area (Å²) < 4.78 is 0. The van der Waals surface area contributed by atoms with Crippen LogP contribution in [0.4, 0.5) is 11.4 Å². The van der Waals surface area contributed by atoms with Crippen molar-refractivity contribution < 1.29 is 19.2 Å². The Morgan fingerprint density at radius 3 is 2.66 bits per heavy atom. The maximum absolute atomic E-state index is 13.2. The number of fused-ring (bicyclic) bond motifs is 3. The molecule has 2 aliphatic heterocycles. The molecular weight excluding hydrogens is 408 g/mol. The van der Waals surface area contributed by atoms with Gasteiger partial charge in [-0.15, -0.1) is 0 Å². The van der Waals surface area contributed by atoms with Crippen LogP contribution in [-0.2, 0) is 9.59 Å². The van der Waals surface area contributed by atoms with Gasteiger partial charge >= 0.3 is 0 Å². The lowest BCUT2D eigenvalue weighted by Gasteiger charge is -2.48. The van der Waals surface area contributed by atoms with Crippen LogP contribution in [0.25, 0.3) is 0 Å². The molecule has 1 fully saturated rings. The van der Waals surface area contributed by atoms with E-state index in [2.05, 4.69) is 10.6 Å². The molecule has 4 rings (SSSR count). The van der Waals surface area contributed by atoms with Gasteiger partial charge < -0.3 is 15.5 Å². The summed E-state index contributed by atoms with van der Waals surface area (Å²) in [5.41, 5.74) is 1.28. The number of hydrogen-bond donors (Lipinski definition) is 2. The summed E-state index contributed by atoms with van der Waals surface area (Å²) in [6, 6.07) is 13.8. The Morgan fingerprint density at radius 1 is 1.09 bits per heavy atom. The highest BCUT2D eigenvalue weighted by molar-refractivity contribution is 6.10. The monoisotopic (exact) mass is 434 g/mol. The first-order valence-electron chi connectivity index (χ1n) is 10.8. The molecule has 1 unspecified atom stereocenters. The molecule has 0 spiro atoms. The summed E-state index contributed by atoms with van der Waals surface area (Å²) in [4.78, 5) is 53.8. The highest BCUT2D eigenvalue weighted by Gasteiger charge is 2.52. The van der Waals surface area contributed by atoms with Crippen molar-refractivity contribution in [2.45, 2.75) is 38.8 Å². The van der Waals surface area contributed by atoms with E-state index in [4.69, 9.17) is 0 Å². The molecule has 0 aliphatic carbocycles. The van der Waals surface area contributed by atoms with Gasteiger partial charge in [-0.3, -0.25) is 24.1 Å². The molecule has 0 bridgehead atoms. The number of carbonyl (C=O) groups is 4. The van der Waals surface area contributed by atoms with Crippen LogP contribution in [0.2, 0.25) is 0 Å². The molecule has 0 radical (unpaired) electrons. The third kappa shape index (κ3) is 3.72. The smallest absolute Gasteiger partial charge is 0.257 e. The Morgan fingerprint density at radius 2 is 1.88 bits per heavy atom. The molecule has 2 aliphatic rings. The highest BCUT2D eigenvalue weighted by Crippen LogP contribution is 2.43. The first-order chi connectivity index (χ1) is 15.3. The quantitative estimate of drug-likeness (QED) is 0.730. The lowest BCUT2D eigenvalue weighted by molar-refractivity contribution is -0.117. The molecule has 8 heteroatoms. The number of benzene rings is 2. The van der Waals surface area contributed by atoms with Crippen LogP contribution in [0.15, 0.2) is 48.5 Å². The lowest BCUT2D eigenvalue weighted by Crippen LogP contribution is -2.62. The van der Waals surface area contributed by atoms with E-state index < -0.39 is 5.66 Å². The third-order valence-corrected chi connectivity index (χ3v) is 6.05. The number of amides is 4. The number of hydrogen-bond acceptors (Lipinski definition) is 4. The fraction of sp³-hybridized carbons (Fsp3) is 0.333. The molecule has 1 atom stereocenters. The molecule has 2 heterocycles. The Balaban J connectivity index is 1.48. The largest absolute Gasteiger partial charge is 0.352 e. The third-order valence-electron chi connectivity index (χ3n) is 6.05. The molecule has 2 aromatic rings. The number of anilines is 2. The lowest BCUT2D eigenvalue weighted by atomic mass is 9.98. The Labute approximate surface area is 186 Å². The molecule has 8 nitrogen and oxygen atoms in total. The van der Waals surface area contributed by atoms with Crippen LogP contribution >= 0.6 is 0 Å². The molecule has 0 aromatic heterocycles. The molecule has 2 aromatic carbocycles. The van der Waals surface area contributed by atoms with Crippen molar-refractivity contribution in [1.29, 1.82) is 0 Å². The SMILES string of the molecule is CCNC(=O)c1cccc(NC(=O)CCN2C(=O)c3ccccc3N3C(=O)CCC23C)c1. The molecule has 32 heavy (non-hydrogen) atoms. The minimum Gasteiger partial charge on any atom is -0.352 e. The normalized spacial score (nSPS) is 19.4. The molecule has 166 valence electrons. The number of carbonyl (C=O) groups excluding carboxylic acids is 4. The van der Waals surface area contributed by atoms with Crippen LogP contribution in [0, 0.1) is 0 Å². The van der Waals surface area contributed by atoms with Crippen LogP contribution in [-0.4, -0.2) is 47.3 Å². The summed E-state index contributed by atoms with van der Waals surface area (Å²) in [7, 11) is 0. The zero-order valence-electron chi connectivity index (χ0n) is 18.2. The van der Waals surface area contributed by atoms with Crippen LogP contribution < -0.4 is 15.5 Å². The van der Waals surface area contributed by atoms with Crippen molar-refractivity contribution in [2.75, 3.05) is 23.3 Å². The fourth-order valence-electron chi connectivity index (χ4n) is 4.48. The van der Waals surface area contributed by atoms with E-state index in [1.165, 1.54) is 0 Å². The van der Waals surface area contributed by atoms with E-state index in [9.17, 15) is 19.2 Å². The number of nitrogens with zero attached hydrogens (tertiary/aromatic N) is 2. The zero-order chi connectivity index (χ0) is 22.9. The summed E-state index contributed by atoms with van der Waals surface area (Å²) in [6.45, 7) is 4.40. The van der Waals surface area contributed by atoms with E-state index in [0.717, 1.165) is 0 Å². The topological polar surface area (TPSA) is 98.8 Å². The first kappa shape index (κ1) is 21.5. The van der Waals surface area contributed by atoms with E-state index >= 15 is 0 Å². The fourth-order valence-corrected chi connectivity index (χ4v) is 4.48. The average molecular weight is 434 g/mol. The van der Waals surface area contributed by atoms with Gasteiger partial charge in [0, 0.05) is 37.2 Å². The molecular formula is C24H26N4O4. The maximum atomic E-state index is 13.2. The maximum Gasteiger partial charge on any atom is 0.257 e. The summed E-state index contributed by atoms with van der Waals surface area (Å²) >= 11 is 0. The van der Waals surface area contributed by atoms with E-state index in [-0.39, 0.29) is 36.6 Å². The van der Waals surface area contributed by atoms with Crippen molar-refractivity contribution in [2.24, 2.45) is 0 Å². The summed E-state index contributed by atoms with van der Waals surface area (Å²) in [5.74, 6) is -0.687. The van der Waals surface area contributed by atoms with Crippen LogP contribution in [0.5, 0.6) is 0 Å². The van der Waals surface area contributed by atoms with Gasteiger partial charge in [-0.05, 0) is 50.6 Å². The van der Waals surface area contributed by atoms with Gasteiger partial charge in [0.15, 0.2) is 0 Å². The van der Waals surface area contributed by atoms with Gasteiger partial charge in [0.05, 0.1) is 11.3 Å². The molecule has 4 amide bonds. The van der Waals surface area contributed by atoms with E-state index in [1.807, 2.05) is 19.9 Å². The Kier molecular flexibility index (Phi) is 5.69. The van der Waals surface area contributed by atoms with Crippen LogP contribution in [0.1, 0.15) is 53.8 Å². The molecule has 2 N–H and O–H groups in total. The van der Waals surface area contributed by atoms with Crippen molar-refractivity contribution in [1.82, 2.24) is 10.2 Å². The van der Waals surface area contributed by atoms with Gasteiger partial charge in [0.25, 0.3) is 11.8 Å². The highest BCUT2D eigenvalue weighted by atomic mass is 16.2. The average Bonchev–Trinajstić information content (AvgIpc) is 3.09. The Hall–Kier alpha value is -3.68.